The van der Waals surface area contributed by atoms with Crippen molar-refractivity contribution in [2.24, 2.45) is 11.8 Å². The van der Waals surface area contributed by atoms with Crippen LogP contribution in [0.1, 0.15) is 60.4 Å². The average molecular weight is 597 g/mol. The summed E-state index contributed by atoms with van der Waals surface area (Å²) in [5.41, 5.74) is 5.14. The van der Waals surface area contributed by atoms with Crippen molar-refractivity contribution in [1.82, 2.24) is 9.88 Å². The summed E-state index contributed by atoms with van der Waals surface area (Å²) in [5, 5.41) is 0.771. The normalized spacial score (nSPS) is 21.9. The predicted octanol–water partition coefficient (Wildman–Crippen LogP) is 6.55. The Kier molecular flexibility index (Phi) is 7.46. The molecular weight excluding hydrogens is 568 g/mol. The molecule has 0 radical (unpaired) electrons. The number of carbonyl (C=O) groups is 1. The van der Waals surface area contributed by atoms with E-state index in [1.165, 1.54) is 22.4 Å². The van der Waals surface area contributed by atoms with Gasteiger partial charge in [0.2, 0.25) is 5.91 Å². The molecule has 4 nitrogen and oxygen atoms in total. The zero-order valence-corrected chi connectivity index (χ0v) is 22.6. The number of amides is 1. The monoisotopic (exact) mass is 594 g/mol. The molecule has 7 heteroatoms. The molecular formula is C26H29Br2ClN2O2. The molecule has 1 aromatic carbocycles. The number of carbonyl (C=O) groups excluding carboxylic acids is 1. The molecule has 2 fully saturated rings. The zero-order chi connectivity index (χ0) is 22.9. The maximum absolute atomic E-state index is 13.0. The molecule has 0 bridgehead atoms. The third kappa shape index (κ3) is 5.19. The van der Waals surface area contributed by atoms with Gasteiger partial charge in [0, 0.05) is 58.8 Å². The van der Waals surface area contributed by atoms with Crippen LogP contribution in [0, 0.1) is 11.8 Å². The first kappa shape index (κ1) is 23.8. The summed E-state index contributed by atoms with van der Waals surface area (Å²) in [6, 6.07) is 6.37. The van der Waals surface area contributed by atoms with Gasteiger partial charge in [-0.1, -0.05) is 27.5 Å². The number of aryl methyl sites for hydroxylation is 2. The Morgan fingerprint density at radius 2 is 1.79 bits per heavy atom. The second kappa shape index (κ2) is 10.3. The number of fused-ring (bicyclic) bond motifs is 2. The average Bonchev–Trinajstić information content (AvgIpc) is 2.96. The summed E-state index contributed by atoms with van der Waals surface area (Å²) in [4.78, 5) is 20.0. The third-order valence-electron chi connectivity index (χ3n) is 7.59. The maximum atomic E-state index is 13.0. The van der Waals surface area contributed by atoms with E-state index in [2.05, 4.69) is 48.9 Å². The molecule has 1 aliphatic carbocycles. The summed E-state index contributed by atoms with van der Waals surface area (Å²) in [6.45, 7) is 3.25. The highest BCUT2D eigenvalue weighted by atomic mass is 79.9. The number of aromatic nitrogens is 1. The number of ether oxygens (including phenoxy) is 1. The van der Waals surface area contributed by atoms with Crippen molar-refractivity contribution in [1.29, 1.82) is 0 Å². The topological polar surface area (TPSA) is 42.4 Å². The van der Waals surface area contributed by atoms with Gasteiger partial charge in [-0.15, -0.1) is 0 Å². The lowest BCUT2D eigenvalue weighted by Gasteiger charge is -2.37. The van der Waals surface area contributed by atoms with Gasteiger partial charge < -0.3 is 9.64 Å². The minimum absolute atomic E-state index is 0.213. The number of rotatable bonds is 3. The molecule has 1 amide bonds. The highest BCUT2D eigenvalue weighted by molar-refractivity contribution is 9.10. The van der Waals surface area contributed by atoms with Gasteiger partial charge in [0.1, 0.15) is 0 Å². The highest BCUT2D eigenvalue weighted by Crippen LogP contribution is 2.46. The second-order valence-corrected chi connectivity index (χ2v) is 11.8. The van der Waals surface area contributed by atoms with E-state index in [0.29, 0.717) is 24.2 Å². The SMILES string of the molecule is O=C(CC1CCOCC1)N1CCC([C@H]2c3ncc(Br)cc3CCc3cc(Cl)cc(Br)c32)CC1. The van der Waals surface area contributed by atoms with Gasteiger partial charge in [0.15, 0.2) is 0 Å². The lowest BCUT2D eigenvalue weighted by Crippen LogP contribution is -2.41. The largest absolute Gasteiger partial charge is 0.381 e. The lowest BCUT2D eigenvalue weighted by molar-refractivity contribution is -0.134. The van der Waals surface area contributed by atoms with Crippen molar-refractivity contribution in [3.8, 4) is 0 Å². The summed E-state index contributed by atoms with van der Waals surface area (Å²) in [5.74, 6) is 1.45. The molecule has 2 aliphatic heterocycles. The van der Waals surface area contributed by atoms with Crippen molar-refractivity contribution in [3.05, 3.63) is 60.7 Å². The fourth-order valence-corrected chi connectivity index (χ4v) is 7.34. The van der Waals surface area contributed by atoms with Gasteiger partial charge in [-0.3, -0.25) is 9.78 Å². The number of benzene rings is 1. The molecule has 33 heavy (non-hydrogen) atoms. The molecule has 2 saturated heterocycles. The van der Waals surface area contributed by atoms with E-state index in [9.17, 15) is 4.79 Å². The Bertz CT molecular complexity index is 1030. The van der Waals surface area contributed by atoms with Crippen LogP contribution < -0.4 is 0 Å². The smallest absolute Gasteiger partial charge is 0.222 e. The van der Waals surface area contributed by atoms with Gasteiger partial charge in [0.25, 0.3) is 0 Å². The summed E-state index contributed by atoms with van der Waals surface area (Å²) in [6.07, 6.45) is 8.52. The molecule has 3 heterocycles. The highest BCUT2D eigenvalue weighted by Gasteiger charge is 2.36. The van der Waals surface area contributed by atoms with Crippen molar-refractivity contribution in [2.45, 2.75) is 50.9 Å². The lowest BCUT2D eigenvalue weighted by atomic mass is 9.76. The first-order valence-electron chi connectivity index (χ1n) is 12.0. The predicted molar refractivity (Wildman–Crippen MR) is 138 cm³/mol. The number of likely N-dealkylation sites (tertiary alicyclic amines) is 1. The molecule has 0 unspecified atom stereocenters. The molecule has 1 atom stereocenters. The quantitative estimate of drug-likeness (QED) is 0.404. The summed E-state index contributed by atoms with van der Waals surface area (Å²) < 4.78 is 7.55. The number of hydrogen-bond acceptors (Lipinski definition) is 3. The second-order valence-electron chi connectivity index (χ2n) is 9.61. The number of piperidine rings is 1. The molecule has 0 saturated carbocycles. The van der Waals surface area contributed by atoms with Crippen LogP contribution in [-0.4, -0.2) is 42.1 Å². The number of pyridine rings is 1. The van der Waals surface area contributed by atoms with Crippen LogP contribution in [-0.2, 0) is 22.4 Å². The first-order valence-corrected chi connectivity index (χ1v) is 13.9. The third-order valence-corrected chi connectivity index (χ3v) is 8.89. The molecule has 0 N–H and O–H groups in total. The van der Waals surface area contributed by atoms with E-state index in [1.807, 2.05) is 12.3 Å². The molecule has 1 aromatic heterocycles. The van der Waals surface area contributed by atoms with Gasteiger partial charge in [-0.2, -0.15) is 0 Å². The Labute approximate surface area is 217 Å². The standard InChI is InChI=1S/C26H29Br2ClN2O2/c27-20-12-19-2-1-18-13-21(29)14-22(28)24(18)25(26(19)30-15-20)17-3-7-31(8-4-17)23(32)11-16-5-9-33-10-6-16/h12-17,25H,1-11H2/t25-/m1/s1. The zero-order valence-electron chi connectivity index (χ0n) is 18.7. The van der Waals surface area contributed by atoms with Gasteiger partial charge in [-0.25, -0.2) is 0 Å². The Morgan fingerprint density at radius 1 is 1.06 bits per heavy atom. The van der Waals surface area contributed by atoms with Crippen LogP contribution in [0.5, 0.6) is 0 Å². The van der Waals surface area contributed by atoms with Crippen molar-refractivity contribution < 1.29 is 9.53 Å². The Hall–Kier alpha value is -0.950. The summed E-state index contributed by atoms with van der Waals surface area (Å²) >= 11 is 13.9. The maximum Gasteiger partial charge on any atom is 0.222 e. The van der Waals surface area contributed by atoms with Crippen LogP contribution in [0.4, 0.5) is 0 Å². The molecule has 2 aromatic rings. The number of hydrogen-bond donors (Lipinski definition) is 0. The molecule has 176 valence electrons. The number of nitrogens with zero attached hydrogens (tertiary/aromatic N) is 2. The van der Waals surface area contributed by atoms with E-state index in [0.717, 1.165) is 78.8 Å². The molecule has 5 rings (SSSR count). The van der Waals surface area contributed by atoms with E-state index < -0.39 is 0 Å². The van der Waals surface area contributed by atoms with Gasteiger partial charge in [-0.05, 0) is 101 Å². The Balaban J connectivity index is 1.38. The van der Waals surface area contributed by atoms with Crippen LogP contribution >= 0.6 is 43.5 Å². The summed E-state index contributed by atoms with van der Waals surface area (Å²) in [7, 11) is 0. The van der Waals surface area contributed by atoms with Gasteiger partial charge >= 0.3 is 0 Å². The van der Waals surface area contributed by atoms with Crippen LogP contribution in [0.25, 0.3) is 0 Å². The minimum atomic E-state index is 0.213. The van der Waals surface area contributed by atoms with E-state index in [1.54, 1.807) is 0 Å². The van der Waals surface area contributed by atoms with Crippen molar-refractivity contribution in [2.75, 3.05) is 26.3 Å². The van der Waals surface area contributed by atoms with E-state index in [-0.39, 0.29) is 5.92 Å². The van der Waals surface area contributed by atoms with Crippen molar-refractivity contribution >= 4 is 49.4 Å². The Morgan fingerprint density at radius 3 is 2.55 bits per heavy atom. The fourth-order valence-electron chi connectivity index (χ4n) is 5.84. The van der Waals surface area contributed by atoms with E-state index >= 15 is 0 Å². The minimum Gasteiger partial charge on any atom is -0.381 e. The van der Waals surface area contributed by atoms with Crippen molar-refractivity contribution in [3.63, 3.8) is 0 Å². The number of halogens is 3. The molecule has 0 spiro atoms. The van der Waals surface area contributed by atoms with Crippen LogP contribution in [0.2, 0.25) is 5.02 Å². The fraction of sp³-hybridized carbons (Fsp3) is 0.538. The van der Waals surface area contributed by atoms with Crippen LogP contribution in [0.15, 0.2) is 33.3 Å². The van der Waals surface area contributed by atoms with Gasteiger partial charge in [0.05, 0.1) is 5.69 Å². The van der Waals surface area contributed by atoms with E-state index in [4.69, 9.17) is 21.3 Å². The first-order chi connectivity index (χ1) is 16.0. The molecule has 3 aliphatic rings. The van der Waals surface area contributed by atoms with Crippen LogP contribution in [0.3, 0.4) is 0 Å².